The minimum atomic E-state index is -3.25. The van der Waals surface area contributed by atoms with Gasteiger partial charge in [-0.25, -0.2) is 12.7 Å². The molecule has 3 rings (SSSR count). The SMILES string of the molecule is CS(=O)(=O)N1C[C@@H]2CCN(C(=O)C3CC=CC3)C[C@]2(CO)C1. The van der Waals surface area contributed by atoms with E-state index in [4.69, 9.17) is 0 Å². The van der Waals surface area contributed by atoms with Gasteiger partial charge in [-0.2, -0.15) is 0 Å². The van der Waals surface area contributed by atoms with Crippen LogP contribution < -0.4 is 0 Å². The van der Waals surface area contributed by atoms with E-state index in [-0.39, 0.29) is 24.3 Å². The van der Waals surface area contributed by atoms with Crippen molar-refractivity contribution in [2.45, 2.75) is 19.3 Å². The van der Waals surface area contributed by atoms with Gasteiger partial charge in [0, 0.05) is 37.5 Å². The van der Waals surface area contributed by atoms with Gasteiger partial charge in [0.2, 0.25) is 15.9 Å². The Morgan fingerprint density at radius 1 is 1.32 bits per heavy atom. The van der Waals surface area contributed by atoms with E-state index >= 15 is 0 Å². The lowest BCUT2D eigenvalue weighted by molar-refractivity contribution is -0.140. The Hall–Kier alpha value is -0.920. The van der Waals surface area contributed by atoms with Gasteiger partial charge in [0.15, 0.2) is 0 Å². The summed E-state index contributed by atoms with van der Waals surface area (Å²) >= 11 is 0. The maximum Gasteiger partial charge on any atom is 0.226 e. The zero-order valence-electron chi connectivity index (χ0n) is 12.9. The number of allylic oxidation sites excluding steroid dienone is 2. The van der Waals surface area contributed by atoms with Crippen molar-refractivity contribution in [3.8, 4) is 0 Å². The predicted octanol–water partition coefficient (Wildman–Crippen LogP) is 0.0550. The van der Waals surface area contributed by atoms with Crippen LogP contribution in [0.15, 0.2) is 12.2 Å². The lowest BCUT2D eigenvalue weighted by Gasteiger charge is -2.43. The molecule has 0 aromatic carbocycles. The Bertz CT molecular complexity index is 580. The zero-order valence-corrected chi connectivity index (χ0v) is 13.8. The molecule has 0 aromatic heterocycles. The van der Waals surface area contributed by atoms with Gasteiger partial charge in [0.25, 0.3) is 0 Å². The van der Waals surface area contributed by atoms with Gasteiger partial charge in [0.05, 0.1) is 12.9 Å². The van der Waals surface area contributed by atoms with Gasteiger partial charge in [-0.1, -0.05) is 12.2 Å². The molecule has 124 valence electrons. The molecule has 2 fully saturated rings. The van der Waals surface area contributed by atoms with E-state index in [2.05, 4.69) is 0 Å². The average Bonchev–Trinajstić information content (AvgIpc) is 3.12. The topological polar surface area (TPSA) is 77.9 Å². The summed E-state index contributed by atoms with van der Waals surface area (Å²) in [5.41, 5.74) is -0.497. The zero-order chi connectivity index (χ0) is 16.0. The van der Waals surface area contributed by atoms with Crippen LogP contribution in [-0.2, 0) is 14.8 Å². The van der Waals surface area contributed by atoms with E-state index < -0.39 is 15.4 Å². The Morgan fingerprint density at radius 2 is 2.00 bits per heavy atom. The monoisotopic (exact) mass is 328 g/mol. The standard InChI is InChI=1S/C15H24N2O4S/c1-22(20,21)17-8-13-6-7-16(9-15(13,10-17)11-18)14(19)12-4-2-3-5-12/h2-3,12-13,18H,4-11H2,1H3/t13-,15+/m0/s1. The number of amides is 1. The van der Waals surface area contributed by atoms with Crippen LogP contribution in [0, 0.1) is 17.3 Å². The second-order valence-electron chi connectivity index (χ2n) is 6.96. The first-order valence-corrected chi connectivity index (χ1v) is 9.70. The largest absolute Gasteiger partial charge is 0.396 e. The maximum atomic E-state index is 12.6. The van der Waals surface area contributed by atoms with Crippen LogP contribution in [0.1, 0.15) is 19.3 Å². The van der Waals surface area contributed by atoms with Gasteiger partial charge in [-0.3, -0.25) is 4.79 Å². The van der Waals surface area contributed by atoms with Crippen LogP contribution in [-0.4, -0.2) is 67.7 Å². The van der Waals surface area contributed by atoms with Crippen LogP contribution in [0.3, 0.4) is 0 Å². The van der Waals surface area contributed by atoms with E-state index in [1.165, 1.54) is 10.6 Å². The van der Waals surface area contributed by atoms with Crippen molar-refractivity contribution in [1.29, 1.82) is 0 Å². The van der Waals surface area contributed by atoms with Crippen molar-refractivity contribution in [2.24, 2.45) is 17.3 Å². The molecule has 0 bridgehead atoms. The van der Waals surface area contributed by atoms with Crippen molar-refractivity contribution < 1.29 is 18.3 Å². The summed E-state index contributed by atoms with van der Waals surface area (Å²) in [7, 11) is -3.25. The highest BCUT2D eigenvalue weighted by atomic mass is 32.2. The first-order chi connectivity index (χ1) is 10.4. The van der Waals surface area contributed by atoms with Crippen LogP contribution in [0.2, 0.25) is 0 Å². The number of carbonyl (C=O) groups is 1. The lowest BCUT2D eigenvalue weighted by atomic mass is 9.73. The lowest BCUT2D eigenvalue weighted by Crippen LogP contribution is -2.53. The second kappa shape index (κ2) is 5.62. The van der Waals surface area contributed by atoms with Gasteiger partial charge in [-0.05, 0) is 25.2 Å². The number of piperidine rings is 1. The summed E-state index contributed by atoms with van der Waals surface area (Å²) in [6.45, 7) is 1.84. The molecule has 6 nitrogen and oxygen atoms in total. The van der Waals surface area contributed by atoms with E-state index in [0.29, 0.717) is 26.2 Å². The fraction of sp³-hybridized carbons (Fsp3) is 0.800. The number of aliphatic hydroxyl groups is 1. The molecule has 0 spiro atoms. The number of nitrogens with zero attached hydrogens (tertiary/aromatic N) is 2. The Morgan fingerprint density at radius 3 is 2.59 bits per heavy atom. The van der Waals surface area contributed by atoms with Crippen LogP contribution in [0.5, 0.6) is 0 Å². The molecule has 0 aromatic rings. The number of hydrogen-bond donors (Lipinski definition) is 1. The molecule has 0 unspecified atom stereocenters. The highest BCUT2D eigenvalue weighted by Crippen LogP contribution is 2.43. The maximum absolute atomic E-state index is 12.6. The van der Waals surface area contributed by atoms with Crippen molar-refractivity contribution in [3.63, 3.8) is 0 Å². The summed E-state index contributed by atoms with van der Waals surface area (Å²) in [6.07, 6.45) is 7.64. The first-order valence-electron chi connectivity index (χ1n) is 7.85. The predicted molar refractivity (Wildman–Crippen MR) is 82.5 cm³/mol. The van der Waals surface area contributed by atoms with Gasteiger partial charge in [0.1, 0.15) is 0 Å². The van der Waals surface area contributed by atoms with E-state index in [1.54, 1.807) is 0 Å². The molecule has 1 amide bonds. The Kier molecular flexibility index (Phi) is 4.07. The molecule has 0 saturated carbocycles. The summed E-state index contributed by atoms with van der Waals surface area (Å²) in [4.78, 5) is 14.4. The third-order valence-electron chi connectivity index (χ3n) is 5.49. The molecule has 3 aliphatic rings. The Balaban J connectivity index is 1.75. The number of hydrogen-bond acceptors (Lipinski definition) is 4. The molecule has 7 heteroatoms. The van der Waals surface area contributed by atoms with Gasteiger partial charge >= 0.3 is 0 Å². The number of carbonyl (C=O) groups excluding carboxylic acids is 1. The van der Waals surface area contributed by atoms with Crippen molar-refractivity contribution in [3.05, 3.63) is 12.2 Å². The number of likely N-dealkylation sites (tertiary alicyclic amines) is 1. The smallest absolute Gasteiger partial charge is 0.226 e. The third kappa shape index (κ3) is 2.70. The third-order valence-corrected chi connectivity index (χ3v) is 6.70. The van der Waals surface area contributed by atoms with Crippen molar-refractivity contribution >= 4 is 15.9 Å². The second-order valence-corrected chi connectivity index (χ2v) is 8.94. The van der Waals surface area contributed by atoms with Crippen molar-refractivity contribution in [2.75, 3.05) is 39.0 Å². The molecule has 2 heterocycles. The molecule has 2 atom stereocenters. The summed E-state index contributed by atoms with van der Waals surface area (Å²) in [6, 6.07) is 0. The van der Waals surface area contributed by atoms with E-state index in [9.17, 15) is 18.3 Å². The first kappa shape index (κ1) is 16.0. The molecular formula is C15H24N2O4S. The minimum absolute atomic E-state index is 0.0275. The Labute approximate surface area is 131 Å². The fourth-order valence-electron chi connectivity index (χ4n) is 4.08. The number of aliphatic hydroxyl groups excluding tert-OH is 1. The molecular weight excluding hydrogens is 304 g/mol. The highest BCUT2D eigenvalue weighted by Gasteiger charge is 2.52. The molecule has 22 heavy (non-hydrogen) atoms. The number of rotatable bonds is 3. The van der Waals surface area contributed by atoms with Gasteiger partial charge in [-0.15, -0.1) is 0 Å². The molecule has 1 aliphatic carbocycles. The van der Waals surface area contributed by atoms with Crippen LogP contribution >= 0.6 is 0 Å². The minimum Gasteiger partial charge on any atom is -0.396 e. The quantitative estimate of drug-likeness (QED) is 0.743. The normalized spacial score (nSPS) is 33.4. The number of fused-ring (bicyclic) bond motifs is 1. The molecule has 1 N–H and O–H groups in total. The highest BCUT2D eigenvalue weighted by molar-refractivity contribution is 7.88. The molecule has 2 saturated heterocycles. The summed E-state index contributed by atoms with van der Waals surface area (Å²) < 4.78 is 25.1. The van der Waals surface area contributed by atoms with Crippen molar-refractivity contribution in [1.82, 2.24) is 9.21 Å². The summed E-state index contributed by atoms with van der Waals surface area (Å²) in [5, 5.41) is 9.93. The average molecular weight is 328 g/mol. The van der Waals surface area contributed by atoms with Crippen LogP contribution in [0.25, 0.3) is 0 Å². The van der Waals surface area contributed by atoms with Crippen LogP contribution in [0.4, 0.5) is 0 Å². The summed E-state index contributed by atoms with van der Waals surface area (Å²) in [5.74, 6) is 0.312. The van der Waals surface area contributed by atoms with E-state index in [0.717, 1.165) is 19.3 Å². The fourth-order valence-corrected chi connectivity index (χ4v) is 5.02. The molecule has 0 radical (unpaired) electrons. The van der Waals surface area contributed by atoms with Gasteiger partial charge < -0.3 is 10.0 Å². The van der Waals surface area contributed by atoms with E-state index in [1.807, 2.05) is 17.1 Å². The number of sulfonamides is 1. The molecule has 2 aliphatic heterocycles.